The Hall–Kier alpha value is -1.40. The van der Waals surface area contributed by atoms with E-state index in [-0.39, 0.29) is 15.6 Å². The fourth-order valence-corrected chi connectivity index (χ4v) is 2.54. The number of rotatable bonds is 2. The molecule has 1 N–H and O–H groups in total. The van der Waals surface area contributed by atoms with Gasteiger partial charge in [0.1, 0.15) is 11.9 Å². The predicted octanol–water partition coefficient (Wildman–Crippen LogP) is 5.00. The number of benzene rings is 2. The van der Waals surface area contributed by atoms with Crippen LogP contribution < -0.4 is 0 Å². The molecule has 2 rings (SSSR count). The molecule has 1 atom stereocenters. The molecule has 1 unspecified atom stereocenters. The van der Waals surface area contributed by atoms with Crippen molar-refractivity contribution in [2.75, 3.05) is 0 Å². The van der Waals surface area contributed by atoms with Crippen LogP contribution in [0.2, 0.25) is 0 Å². The highest BCUT2D eigenvalue weighted by atomic mass is 79.9. The van der Waals surface area contributed by atoms with Crippen LogP contribution in [-0.2, 0) is 6.18 Å². The molecule has 0 aliphatic rings. The van der Waals surface area contributed by atoms with Crippen molar-refractivity contribution >= 4 is 15.9 Å². The van der Waals surface area contributed by atoms with Crippen LogP contribution in [0.5, 0.6) is 0 Å². The first kappa shape index (κ1) is 16.0. The maximum atomic E-state index is 13.5. The van der Waals surface area contributed by atoms with Crippen LogP contribution in [0.3, 0.4) is 0 Å². The Morgan fingerprint density at radius 3 is 2.33 bits per heavy atom. The summed E-state index contributed by atoms with van der Waals surface area (Å²) in [6.07, 6.45) is -5.65. The predicted molar refractivity (Wildman–Crippen MR) is 74.3 cm³/mol. The van der Waals surface area contributed by atoms with Gasteiger partial charge in [0, 0.05) is 5.56 Å². The third-order valence-corrected chi connectivity index (χ3v) is 4.00. The molecule has 112 valence electrons. The van der Waals surface area contributed by atoms with Gasteiger partial charge in [0.25, 0.3) is 0 Å². The summed E-state index contributed by atoms with van der Waals surface area (Å²) >= 11 is 3.03. The Bertz CT molecular complexity index is 667. The van der Waals surface area contributed by atoms with Crippen LogP contribution in [0.15, 0.2) is 40.9 Å². The summed E-state index contributed by atoms with van der Waals surface area (Å²) in [7, 11) is 0. The Kier molecular flexibility index (Phi) is 4.39. The highest BCUT2D eigenvalue weighted by Crippen LogP contribution is 2.35. The average molecular weight is 363 g/mol. The monoisotopic (exact) mass is 362 g/mol. The maximum Gasteiger partial charge on any atom is 0.416 e. The van der Waals surface area contributed by atoms with Crippen LogP contribution in [0.1, 0.15) is 28.4 Å². The molecular formula is C15H11BrF4O. The van der Waals surface area contributed by atoms with Gasteiger partial charge in [-0.1, -0.05) is 18.2 Å². The third kappa shape index (κ3) is 3.27. The normalized spacial score (nSPS) is 13.3. The van der Waals surface area contributed by atoms with E-state index < -0.39 is 23.7 Å². The van der Waals surface area contributed by atoms with Gasteiger partial charge in [-0.15, -0.1) is 0 Å². The Morgan fingerprint density at radius 1 is 1.10 bits per heavy atom. The molecule has 1 nitrogen and oxygen atoms in total. The molecule has 0 heterocycles. The lowest BCUT2D eigenvalue weighted by Crippen LogP contribution is -2.08. The number of alkyl halides is 3. The number of aryl methyl sites for hydroxylation is 1. The molecule has 0 bridgehead atoms. The van der Waals surface area contributed by atoms with Crippen molar-refractivity contribution in [3.63, 3.8) is 0 Å². The maximum absolute atomic E-state index is 13.5. The fraction of sp³-hybridized carbons (Fsp3) is 0.200. The lowest BCUT2D eigenvalue weighted by Gasteiger charge is -2.17. The largest absolute Gasteiger partial charge is 0.416 e. The number of hydrogen-bond donors (Lipinski definition) is 1. The topological polar surface area (TPSA) is 20.2 Å². The van der Waals surface area contributed by atoms with E-state index in [9.17, 15) is 22.7 Å². The lowest BCUT2D eigenvalue weighted by atomic mass is 9.95. The first-order valence-electron chi connectivity index (χ1n) is 6.01. The Morgan fingerprint density at radius 2 is 1.76 bits per heavy atom. The van der Waals surface area contributed by atoms with Crippen LogP contribution in [0.25, 0.3) is 0 Å². The van der Waals surface area contributed by atoms with Gasteiger partial charge in [-0.05, 0) is 52.2 Å². The molecule has 2 aromatic carbocycles. The van der Waals surface area contributed by atoms with Crippen molar-refractivity contribution in [2.24, 2.45) is 0 Å². The summed E-state index contributed by atoms with van der Waals surface area (Å²) in [6, 6.07) is 7.23. The number of hydrogen-bond acceptors (Lipinski definition) is 1. The molecule has 6 heteroatoms. The standard InChI is InChI=1S/C15H11BrF4O/c1-8-7-9(15(18,19)20)5-6-10(8)14(21)11-3-2-4-12(17)13(11)16/h2-7,14,21H,1H3. The van der Waals surface area contributed by atoms with E-state index >= 15 is 0 Å². The molecule has 2 aromatic rings. The van der Waals surface area contributed by atoms with Gasteiger partial charge in [0.15, 0.2) is 0 Å². The summed E-state index contributed by atoms with van der Waals surface area (Å²) in [5.41, 5.74) is 0.0647. The molecule has 0 aliphatic heterocycles. The second-order valence-corrected chi connectivity index (χ2v) is 5.41. The fourth-order valence-electron chi connectivity index (χ4n) is 2.06. The van der Waals surface area contributed by atoms with E-state index in [1.54, 1.807) is 0 Å². The Balaban J connectivity index is 2.45. The van der Waals surface area contributed by atoms with E-state index in [4.69, 9.17) is 0 Å². The average Bonchev–Trinajstić information content (AvgIpc) is 2.40. The third-order valence-electron chi connectivity index (χ3n) is 3.17. The van der Waals surface area contributed by atoms with E-state index in [1.165, 1.54) is 31.2 Å². The summed E-state index contributed by atoms with van der Waals surface area (Å²) in [5.74, 6) is -0.545. The Labute approximate surface area is 127 Å². The summed E-state index contributed by atoms with van der Waals surface area (Å²) in [4.78, 5) is 0. The molecule has 21 heavy (non-hydrogen) atoms. The summed E-state index contributed by atoms with van der Waals surface area (Å²) < 4.78 is 51.4. The minimum atomic E-state index is -4.44. The van der Waals surface area contributed by atoms with Crippen molar-refractivity contribution in [3.05, 3.63) is 68.9 Å². The number of aliphatic hydroxyl groups excluding tert-OH is 1. The van der Waals surface area contributed by atoms with Crippen LogP contribution in [0.4, 0.5) is 17.6 Å². The quantitative estimate of drug-likeness (QED) is 0.745. The highest BCUT2D eigenvalue weighted by Gasteiger charge is 2.31. The van der Waals surface area contributed by atoms with Gasteiger partial charge in [-0.3, -0.25) is 0 Å². The van der Waals surface area contributed by atoms with E-state index in [1.807, 2.05) is 0 Å². The zero-order valence-electron chi connectivity index (χ0n) is 10.9. The minimum Gasteiger partial charge on any atom is -0.384 e. The van der Waals surface area contributed by atoms with Gasteiger partial charge in [-0.2, -0.15) is 13.2 Å². The second-order valence-electron chi connectivity index (χ2n) is 4.61. The molecule has 0 saturated carbocycles. The zero-order valence-corrected chi connectivity index (χ0v) is 12.5. The SMILES string of the molecule is Cc1cc(C(F)(F)F)ccc1C(O)c1cccc(F)c1Br. The van der Waals surface area contributed by atoms with Crippen molar-refractivity contribution in [1.82, 2.24) is 0 Å². The van der Waals surface area contributed by atoms with Crippen LogP contribution >= 0.6 is 15.9 Å². The lowest BCUT2D eigenvalue weighted by molar-refractivity contribution is -0.137. The highest BCUT2D eigenvalue weighted by molar-refractivity contribution is 9.10. The molecule has 0 radical (unpaired) electrons. The van der Waals surface area contributed by atoms with E-state index in [0.29, 0.717) is 5.56 Å². The van der Waals surface area contributed by atoms with E-state index in [2.05, 4.69) is 15.9 Å². The first-order chi connectivity index (χ1) is 9.71. The molecule has 0 fully saturated rings. The van der Waals surface area contributed by atoms with Gasteiger partial charge in [0.2, 0.25) is 0 Å². The number of halogens is 5. The van der Waals surface area contributed by atoms with Crippen molar-refractivity contribution in [2.45, 2.75) is 19.2 Å². The van der Waals surface area contributed by atoms with E-state index in [0.717, 1.165) is 12.1 Å². The molecule has 0 amide bonds. The first-order valence-corrected chi connectivity index (χ1v) is 6.81. The van der Waals surface area contributed by atoms with Gasteiger partial charge < -0.3 is 5.11 Å². The number of aliphatic hydroxyl groups is 1. The van der Waals surface area contributed by atoms with Crippen molar-refractivity contribution in [1.29, 1.82) is 0 Å². The molecule has 0 aromatic heterocycles. The molecule has 0 aliphatic carbocycles. The van der Waals surface area contributed by atoms with Gasteiger partial charge >= 0.3 is 6.18 Å². The summed E-state index contributed by atoms with van der Waals surface area (Å²) in [5, 5.41) is 10.3. The smallest absolute Gasteiger partial charge is 0.384 e. The van der Waals surface area contributed by atoms with Crippen molar-refractivity contribution < 1.29 is 22.7 Å². The van der Waals surface area contributed by atoms with Crippen LogP contribution in [-0.4, -0.2) is 5.11 Å². The minimum absolute atomic E-state index is 0.0943. The van der Waals surface area contributed by atoms with Crippen LogP contribution in [0, 0.1) is 12.7 Å². The van der Waals surface area contributed by atoms with Crippen molar-refractivity contribution in [3.8, 4) is 0 Å². The molecular weight excluding hydrogens is 352 g/mol. The second kappa shape index (κ2) is 5.77. The molecule has 0 saturated heterocycles. The van der Waals surface area contributed by atoms with Gasteiger partial charge in [0.05, 0.1) is 10.0 Å². The molecule has 0 spiro atoms. The summed E-state index contributed by atoms with van der Waals surface area (Å²) in [6.45, 7) is 1.47. The zero-order chi connectivity index (χ0) is 15.8. The van der Waals surface area contributed by atoms with Gasteiger partial charge in [-0.25, -0.2) is 4.39 Å².